The van der Waals surface area contributed by atoms with Crippen LogP contribution in [0.3, 0.4) is 0 Å². The fraction of sp³-hybridized carbons (Fsp3) is 0.214. The molecule has 0 aliphatic carbocycles. The maximum absolute atomic E-state index is 11.4. The lowest BCUT2D eigenvalue weighted by Crippen LogP contribution is -2.08. The van der Waals surface area contributed by atoms with E-state index < -0.39 is 16.7 Å². The highest BCUT2D eigenvalue weighted by Gasteiger charge is 2.18. The number of aliphatic hydroxyl groups excluding tert-OH is 1. The largest absolute Gasteiger partial charge is 0.502 e. The molecule has 0 aromatic carbocycles. The highest BCUT2D eigenvalue weighted by Crippen LogP contribution is 2.21. The molecule has 0 aliphatic rings. The summed E-state index contributed by atoms with van der Waals surface area (Å²) in [6.07, 6.45) is 4.10. The fourth-order valence-electron chi connectivity index (χ4n) is 1.80. The highest BCUT2D eigenvalue weighted by molar-refractivity contribution is 5.91. The second kappa shape index (κ2) is 6.69. The molecule has 0 atom stereocenters. The van der Waals surface area contributed by atoms with Gasteiger partial charge in [0.05, 0.1) is 17.2 Å². The number of hydrogen-bond donors (Lipinski definition) is 1. The van der Waals surface area contributed by atoms with Crippen LogP contribution in [0, 0.1) is 17.0 Å². The van der Waals surface area contributed by atoms with Gasteiger partial charge in [0, 0.05) is 18.3 Å². The number of carbonyl (C=O) groups is 1. The van der Waals surface area contributed by atoms with E-state index in [-0.39, 0.29) is 18.0 Å². The molecule has 0 spiro atoms. The van der Waals surface area contributed by atoms with Gasteiger partial charge < -0.3 is 9.84 Å². The lowest BCUT2D eigenvalue weighted by atomic mass is 10.2. The van der Waals surface area contributed by atoms with Crippen LogP contribution < -0.4 is 0 Å². The predicted molar refractivity (Wildman–Crippen MR) is 80.0 cm³/mol. The summed E-state index contributed by atoms with van der Waals surface area (Å²) in [5.74, 6) is -1.38. The summed E-state index contributed by atoms with van der Waals surface area (Å²) < 4.78 is 6.19. The fourth-order valence-corrected chi connectivity index (χ4v) is 1.80. The number of aromatic nitrogens is 3. The number of carbonyl (C=O) groups excluding carboxylic acids is 1. The number of hydrogen-bond acceptors (Lipinski definition) is 7. The second-order valence-electron chi connectivity index (χ2n) is 4.50. The third-order valence-corrected chi connectivity index (χ3v) is 2.82. The van der Waals surface area contributed by atoms with Gasteiger partial charge in [-0.15, -0.1) is 0 Å². The van der Waals surface area contributed by atoms with Crippen molar-refractivity contribution in [2.45, 2.75) is 13.8 Å². The van der Waals surface area contributed by atoms with E-state index in [1.807, 2.05) is 0 Å². The molecule has 0 amide bonds. The molecule has 2 rings (SSSR count). The Hall–Kier alpha value is -3.23. The van der Waals surface area contributed by atoms with E-state index in [9.17, 15) is 20.0 Å². The van der Waals surface area contributed by atoms with E-state index >= 15 is 0 Å². The molecule has 0 unspecified atom stereocenters. The van der Waals surface area contributed by atoms with Crippen LogP contribution in [-0.4, -0.2) is 37.1 Å². The van der Waals surface area contributed by atoms with Gasteiger partial charge in [0.2, 0.25) is 5.76 Å². The average molecular weight is 318 g/mol. The Bertz CT molecular complexity index is 781. The number of ether oxygens (including phenoxy) is 1. The monoisotopic (exact) mass is 318 g/mol. The molecule has 0 saturated carbocycles. The molecular weight excluding hydrogens is 304 g/mol. The van der Waals surface area contributed by atoms with Crippen molar-refractivity contribution in [2.75, 3.05) is 6.61 Å². The molecule has 0 bridgehead atoms. The van der Waals surface area contributed by atoms with E-state index in [1.165, 1.54) is 18.5 Å². The van der Waals surface area contributed by atoms with Crippen LogP contribution in [0.15, 0.2) is 30.4 Å². The normalized spacial score (nSPS) is 11.3. The first-order valence-corrected chi connectivity index (χ1v) is 6.66. The van der Waals surface area contributed by atoms with Crippen LogP contribution in [0.25, 0.3) is 11.9 Å². The molecule has 0 fully saturated rings. The molecule has 2 aromatic heterocycles. The van der Waals surface area contributed by atoms with Gasteiger partial charge in [-0.25, -0.2) is 14.8 Å². The zero-order chi connectivity index (χ0) is 17.0. The first-order chi connectivity index (χ1) is 10.9. The predicted octanol–water partition coefficient (Wildman–Crippen LogP) is 1.95. The number of esters is 1. The van der Waals surface area contributed by atoms with Gasteiger partial charge in [-0.3, -0.25) is 14.7 Å². The Morgan fingerprint density at radius 1 is 1.52 bits per heavy atom. The maximum atomic E-state index is 11.4. The van der Waals surface area contributed by atoms with E-state index in [1.54, 1.807) is 24.6 Å². The standard InChI is InChI=1S/C14H14N4O5/c1-3-23-14(20)12(19)6-10-11(18(21)22)4-5-13(16-10)17-7-9(2)15-8-17/h4-8,19H,3H2,1-2H3/b12-6-. The SMILES string of the molecule is CCOC(=O)/C(O)=C/c1nc(-n2cnc(C)c2)ccc1[N+](=O)[O-]. The molecule has 9 heteroatoms. The molecule has 0 saturated heterocycles. The Morgan fingerprint density at radius 2 is 2.26 bits per heavy atom. The van der Waals surface area contributed by atoms with Gasteiger partial charge in [-0.05, 0) is 19.9 Å². The van der Waals surface area contributed by atoms with Crippen LogP contribution in [0.5, 0.6) is 0 Å². The van der Waals surface area contributed by atoms with Crippen LogP contribution in [0.1, 0.15) is 18.3 Å². The minimum atomic E-state index is -0.979. The molecule has 0 aliphatic heterocycles. The summed E-state index contributed by atoms with van der Waals surface area (Å²) in [6, 6.07) is 2.68. The van der Waals surface area contributed by atoms with Crippen molar-refractivity contribution in [3.63, 3.8) is 0 Å². The van der Waals surface area contributed by atoms with Gasteiger partial charge in [-0.1, -0.05) is 0 Å². The van der Waals surface area contributed by atoms with Crippen LogP contribution in [-0.2, 0) is 9.53 Å². The first-order valence-electron chi connectivity index (χ1n) is 6.66. The number of imidazole rings is 1. The lowest BCUT2D eigenvalue weighted by molar-refractivity contribution is -0.385. The zero-order valence-corrected chi connectivity index (χ0v) is 12.5. The number of pyridine rings is 1. The minimum Gasteiger partial charge on any atom is -0.502 e. The molecule has 120 valence electrons. The first kappa shape index (κ1) is 16.1. The van der Waals surface area contributed by atoms with Gasteiger partial charge in [0.1, 0.15) is 17.8 Å². The Labute approximate surface area is 131 Å². The molecule has 1 N–H and O–H groups in total. The van der Waals surface area contributed by atoms with Gasteiger partial charge >= 0.3 is 5.97 Å². The zero-order valence-electron chi connectivity index (χ0n) is 12.5. The van der Waals surface area contributed by atoms with Crippen LogP contribution in [0.2, 0.25) is 0 Å². The summed E-state index contributed by atoms with van der Waals surface area (Å²) >= 11 is 0. The summed E-state index contributed by atoms with van der Waals surface area (Å²) in [5.41, 5.74) is 0.238. The molecule has 23 heavy (non-hydrogen) atoms. The van der Waals surface area contributed by atoms with Crippen molar-refractivity contribution in [1.29, 1.82) is 0 Å². The Kier molecular flexibility index (Phi) is 4.69. The quantitative estimate of drug-likeness (QED) is 0.294. The number of aliphatic hydroxyl groups is 1. The van der Waals surface area contributed by atoms with Crippen molar-refractivity contribution in [2.24, 2.45) is 0 Å². The van der Waals surface area contributed by atoms with Gasteiger partial charge in [0.25, 0.3) is 5.69 Å². The van der Waals surface area contributed by atoms with Crippen molar-refractivity contribution in [1.82, 2.24) is 14.5 Å². The molecular formula is C14H14N4O5. The van der Waals surface area contributed by atoms with Crippen LogP contribution in [0.4, 0.5) is 5.69 Å². The van der Waals surface area contributed by atoms with Gasteiger partial charge in [0.15, 0.2) is 0 Å². The number of nitro groups is 1. The Morgan fingerprint density at radius 3 is 2.83 bits per heavy atom. The summed E-state index contributed by atoms with van der Waals surface area (Å²) in [6.45, 7) is 3.43. The lowest BCUT2D eigenvalue weighted by Gasteiger charge is -2.04. The van der Waals surface area contributed by atoms with Crippen molar-refractivity contribution in [3.8, 4) is 5.82 Å². The summed E-state index contributed by atoms with van der Waals surface area (Å²) in [4.78, 5) is 30.0. The van der Waals surface area contributed by atoms with Crippen molar-refractivity contribution >= 4 is 17.7 Å². The molecule has 2 heterocycles. The number of nitrogens with zero attached hydrogens (tertiary/aromatic N) is 4. The number of aryl methyl sites for hydroxylation is 1. The number of rotatable bonds is 5. The third kappa shape index (κ3) is 3.70. The summed E-state index contributed by atoms with van der Waals surface area (Å²) in [5, 5.41) is 20.7. The van der Waals surface area contributed by atoms with Crippen molar-refractivity contribution in [3.05, 3.63) is 51.9 Å². The van der Waals surface area contributed by atoms with Gasteiger partial charge in [-0.2, -0.15) is 0 Å². The molecule has 0 radical (unpaired) electrons. The van der Waals surface area contributed by atoms with E-state index in [0.717, 1.165) is 11.8 Å². The van der Waals surface area contributed by atoms with E-state index in [4.69, 9.17) is 0 Å². The van der Waals surface area contributed by atoms with Crippen LogP contribution >= 0.6 is 0 Å². The average Bonchev–Trinajstić information content (AvgIpc) is 2.93. The second-order valence-corrected chi connectivity index (χ2v) is 4.50. The van der Waals surface area contributed by atoms with E-state index in [2.05, 4.69) is 14.7 Å². The topological polar surface area (TPSA) is 120 Å². The summed E-state index contributed by atoms with van der Waals surface area (Å²) in [7, 11) is 0. The highest BCUT2D eigenvalue weighted by atomic mass is 16.6. The van der Waals surface area contributed by atoms with E-state index in [0.29, 0.717) is 5.82 Å². The smallest absolute Gasteiger partial charge is 0.373 e. The Balaban J connectivity index is 2.48. The molecule has 2 aromatic rings. The minimum absolute atomic E-state index is 0.0700. The third-order valence-electron chi connectivity index (χ3n) is 2.82. The van der Waals surface area contributed by atoms with Crippen molar-refractivity contribution < 1.29 is 19.6 Å². The molecule has 9 nitrogen and oxygen atoms in total. The maximum Gasteiger partial charge on any atom is 0.373 e.